The molecule has 0 heterocycles. The van der Waals surface area contributed by atoms with E-state index in [2.05, 4.69) is 43.8 Å². The predicted octanol–water partition coefficient (Wildman–Crippen LogP) is 6.23. The van der Waals surface area contributed by atoms with Gasteiger partial charge in [0.1, 0.15) is 0 Å². The largest absolute Gasteiger partial charge is 0.0952 e. The first kappa shape index (κ1) is 15.0. The highest BCUT2D eigenvalue weighted by Gasteiger charge is 1.98. The van der Waals surface area contributed by atoms with Gasteiger partial charge in [0.2, 0.25) is 0 Å². The Bertz CT molecular complexity index is 310. The number of hydrogen-bond acceptors (Lipinski definition) is 0. The Hall–Kier alpha value is -1.04. The summed E-state index contributed by atoms with van der Waals surface area (Å²) in [4.78, 5) is 0. The molecule has 0 radical (unpaired) electrons. The van der Waals surface area contributed by atoms with E-state index in [4.69, 9.17) is 0 Å². The maximum Gasteiger partial charge on any atom is -0.0230 e. The SMILES string of the molecule is C=C(CCCCCCCCCC)c1ccccc1. The van der Waals surface area contributed by atoms with Crippen molar-refractivity contribution in [3.63, 3.8) is 0 Å². The average molecular weight is 244 g/mol. The van der Waals surface area contributed by atoms with E-state index in [9.17, 15) is 0 Å². The first-order chi connectivity index (χ1) is 8.84. The van der Waals surface area contributed by atoms with Crippen LogP contribution in [-0.2, 0) is 0 Å². The molecule has 0 atom stereocenters. The van der Waals surface area contributed by atoms with Crippen LogP contribution in [-0.4, -0.2) is 0 Å². The van der Waals surface area contributed by atoms with Crippen molar-refractivity contribution in [2.24, 2.45) is 0 Å². The highest BCUT2D eigenvalue weighted by molar-refractivity contribution is 5.62. The maximum absolute atomic E-state index is 4.18. The summed E-state index contributed by atoms with van der Waals surface area (Å²) < 4.78 is 0. The lowest BCUT2D eigenvalue weighted by Gasteiger charge is -2.05. The van der Waals surface area contributed by atoms with Crippen LogP contribution < -0.4 is 0 Å². The van der Waals surface area contributed by atoms with E-state index in [-0.39, 0.29) is 0 Å². The van der Waals surface area contributed by atoms with Gasteiger partial charge in [-0.05, 0) is 24.0 Å². The minimum absolute atomic E-state index is 1.15. The van der Waals surface area contributed by atoms with E-state index in [1.807, 2.05) is 0 Å². The minimum atomic E-state index is 1.15. The third kappa shape index (κ3) is 6.64. The van der Waals surface area contributed by atoms with Crippen LogP contribution in [0.4, 0.5) is 0 Å². The molecular weight excluding hydrogens is 216 g/mol. The topological polar surface area (TPSA) is 0 Å². The highest BCUT2D eigenvalue weighted by Crippen LogP contribution is 2.19. The van der Waals surface area contributed by atoms with Gasteiger partial charge in [-0.25, -0.2) is 0 Å². The van der Waals surface area contributed by atoms with Gasteiger partial charge >= 0.3 is 0 Å². The van der Waals surface area contributed by atoms with E-state index in [0.717, 1.165) is 6.42 Å². The number of rotatable bonds is 10. The molecule has 0 aliphatic heterocycles. The predicted molar refractivity (Wildman–Crippen MR) is 82.7 cm³/mol. The number of hydrogen-bond donors (Lipinski definition) is 0. The minimum Gasteiger partial charge on any atom is -0.0952 e. The van der Waals surface area contributed by atoms with Crippen molar-refractivity contribution in [2.75, 3.05) is 0 Å². The molecule has 0 amide bonds. The average Bonchev–Trinajstić information content (AvgIpc) is 2.42. The van der Waals surface area contributed by atoms with Crippen LogP contribution in [0.5, 0.6) is 0 Å². The molecule has 0 heteroatoms. The standard InChI is InChI=1S/C18H28/c1-3-4-5-6-7-8-9-11-14-17(2)18-15-12-10-13-16-18/h10,12-13,15-16H,2-9,11,14H2,1H3. The van der Waals surface area contributed by atoms with Crippen LogP contribution in [0.2, 0.25) is 0 Å². The van der Waals surface area contributed by atoms with E-state index >= 15 is 0 Å². The zero-order valence-corrected chi connectivity index (χ0v) is 12.0. The molecule has 0 spiro atoms. The fourth-order valence-corrected chi connectivity index (χ4v) is 2.29. The summed E-state index contributed by atoms with van der Waals surface area (Å²) in [5, 5.41) is 0. The van der Waals surface area contributed by atoms with Crippen LogP contribution >= 0.6 is 0 Å². The molecule has 0 fully saturated rings. The third-order valence-electron chi connectivity index (χ3n) is 3.51. The molecule has 0 N–H and O–H groups in total. The van der Waals surface area contributed by atoms with Crippen LogP contribution in [0, 0.1) is 0 Å². The summed E-state index contributed by atoms with van der Waals surface area (Å²) in [7, 11) is 0. The van der Waals surface area contributed by atoms with E-state index in [1.165, 1.54) is 62.5 Å². The van der Waals surface area contributed by atoms with Crippen LogP contribution in [0.25, 0.3) is 5.57 Å². The van der Waals surface area contributed by atoms with Crippen molar-refractivity contribution in [2.45, 2.75) is 64.7 Å². The molecule has 0 aliphatic rings. The molecule has 0 bridgehead atoms. The Morgan fingerprint density at radius 2 is 1.39 bits per heavy atom. The number of allylic oxidation sites excluding steroid dienone is 1. The fraction of sp³-hybridized carbons (Fsp3) is 0.556. The molecule has 0 unspecified atom stereocenters. The smallest absolute Gasteiger partial charge is 0.0230 e. The molecule has 18 heavy (non-hydrogen) atoms. The summed E-state index contributed by atoms with van der Waals surface area (Å²) in [5.74, 6) is 0. The monoisotopic (exact) mass is 244 g/mol. The lowest BCUT2D eigenvalue weighted by molar-refractivity contribution is 0.579. The van der Waals surface area contributed by atoms with Crippen molar-refractivity contribution in [3.8, 4) is 0 Å². The van der Waals surface area contributed by atoms with Gasteiger partial charge in [0.05, 0.1) is 0 Å². The maximum atomic E-state index is 4.18. The summed E-state index contributed by atoms with van der Waals surface area (Å²) in [5.41, 5.74) is 2.60. The molecular formula is C18H28. The van der Waals surface area contributed by atoms with E-state index in [1.54, 1.807) is 0 Å². The molecule has 100 valence electrons. The zero-order valence-electron chi connectivity index (χ0n) is 12.0. The first-order valence-electron chi connectivity index (χ1n) is 7.57. The molecule has 1 aromatic rings. The molecule has 0 nitrogen and oxygen atoms in total. The van der Waals surface area contributed by atoms with Crippen molar-refractivity contribution in [1.29, 1.82) is 0 Å². The van der Waals surface area contributed by atoms with Gasteiger partial charge in [-0.3, -0.25) is 0 Å². The van der Waals surface area contributed by atoms with Gasteiger partial charge in [-0.2, -0.15) is 0 Å². The Morgan fingerprint density at radius 3 is 2.00 bits per heavy atom. The van der Waals surface area contributed by atoms with Gasteiger partial charge in [-0.1, -0.05) is 88.8 Å². The number of benzene rings is 1. The Kier molecular flexibility index (Phi) is 8.29. The van der Waals surface area contributed by atoms with Crippen LogP contribution in [0.15, 0.2) is 36.9 Å². The summed E-state index contributed by atoms with van der Waals surface area (Å²) >= 11 is 0. The molecule has 0 saturated carbocycles. The molecule has 0 aliphatic carbocycles. The summed E-state index contributed by atoms with van der Waals surface area (Å²) in [6.07, 6.45) is 12.2. The zero-order chi connectivity index (χ0) is 13.1. The van der Waals surface area contributed by atoms with Gasteiger partial charge < -0.3 is 0 Å². The second kappa shape index (κ2) is 9.94. The van der Waals surface area contributed by atoms with Crippen molar-refractivity contribution >= 4 is 5.57 Å². The lowest BCUT2D eigenvalue weighted by atomic mass is 10.0. The van der Waals surface area contributed by atoms with E-state index < -0.39 is 0 Å². The second-order valence-electron chi connectivity index (χ2n) is 5.19. The van der Waals surface area contributed by atoms with Gasteiger partial charge in [0.25, 0.3) is 0 Å². The normalized spacial score (nSPS) is 10.5. The summed E-state index contributed by atoms with van der Waals surface area (Å²) in [6, 6.07) is 10.6. The quantitative estimate of drug-likeness (QED) is 0.428. The van der Waals surface area contributed by atoms with Crippen LogP contribution in [0.1, 0.15) is 70.3 Å². The third-order valence-corrected chi connectivity index (χ3v) is 3.51. The summed E-state index contributed by atoms with van der Waals surface area (Å²) in [6.45, 7) is 6.46. The van der Waals surface area contributed by atoms with Gasteiger partial charge in [-0.15, -0.1) is 0 Å². The lowest BCUT2D eigenvalue weighted by Crippen LogP contribution is -1.84. The Balaban J connectivity index is 2.00. The molecule has 1 rings (SSSR count). The molecule has 0 saturated heterocycles. The highest BCUT2D eigenvalue weighted by atomic mass is 14.0. The van der Waals surface area contributed by atoms with Crippen LogP contribution in [0.3, 0.4) is 0 Å². The fourth-order valence-electron chi connectivity index (χ4n) is 2.29. The van der Waals surface area contributed by atoms with Gasteiger partial charge in [0.15, 0.2) is 0 Å². The number of unbranched alkanes of at least 4 members (excludes halogenated alkanes) is 7. The second-order valence-corrected chi connectivity index (χ2v) is 5.19. The van der Waals surface area contributed by atoms with Crippen molar-refractivity contribution < 1.29 is 0 Å². The Labute approximate surface area is 113 Å². The van der Waals surface area contributed by atoms with E-state index in [0.29, 0.717) is 0 Å². The van der Waals surface area contributed by atoms with Crippen molar-refractivity contribution in [3.05, 3.63) is 42.5 Å². The van der Waals surface area contributed by atoms with Gasteiger partial charge in [0, 0.05) is 0 Å². The Morgan fingerprint density at radius 1 is 0.833 bits per heavy atom. The van der Waals surface area contributed by atoms with Crippen molar-refractivity contribution in [1.82, 2.24) is 0 Å². The molecule has 0 aromatic heterocycles. The first-order valence-corrected chi connectivity index (χ1v) is 7.57. The molecule has 1 aromatic carbocycles.